The Morgan fingerprint density at radius 2 is 1.29 bits per heavy atom. The Morgan fingerprint density at radius 3 is 1.79 bits per heavy atom. The highest BCUT2D eigenvalue weighted by Gasteiger charge is 2.14. The number of rotatable bonds is 6. The molecule has 124 valence electrons. The zero-order valence-electron chi connectivity index (χ0n) is 13.8. The molecule has 2 heterocycles. The van der Waals surface area contributed by atoms with Crippen molar-refractivity contribution in [2.75, 3.05) is 13.2 Å². The van der Waals surface area contributed by atoms with Crippen molar-refractivity contribution in [1.29, 1.82) is 0 Å². The maximum absolute atomic E-state index is 12.2. The SMILES string of the molecule is O=C(CCc1ccc2c(c1)CCO2)CCc1ccc2c(c1)CCO2. The first kappa shape index (κ1) is 15.3. The highest BCUT2D eigenvalue weighted by Crippen LogP contribution is 2.27. The van der Waals surface area contributed by atoms with Gasteiger partial charge in [0.1, 0.15) is 17.3 Å². The molecule has 3 heteroatoms. The second kappa shape index (κ2) is 6.68. The van der Waals surface area contributed by atoms with Gasteiger partial charge in [-0.05, 0) is 47.2 Å². The molecule has 0 saturated carbocycles. The zero-order chi connectivity index (χ0) is 16.4. The van der Waals surface area contributed by atoms with Gasteiger partial charge >= 0.3 is 0 Å². The lowest BCUT2D eigenvalue weighted by atomic mass is 9.99. The fourth-order valence-electron chi connectivity index (χ4n) is 3.48. The molecule has 4 rings (SSSR count). The van der Waals surface area contributed by atoms with Crippen molar-refractivity contribution in [2.24, 2.45) is 0 Å². The summed E-state index contributed by atoms with van der Waals surface area (Å²) in [6.07, 6.45) is 4.86. The molecule has 0 spiro atoms. The van der Waals surface area contributed by atoms with Gasteiger partial charge in [0.05, 0.1) is 13.2 Å². The number of benzene rings is 2. The van der Waals surface area contributed by atoms with E-state index < -0.39 is 0 Å². The van der Waals surface area contributed by atoms with E-state index in [9.17, 15) is 4.79 Å². The topological polar surface area (TPSA) is 35.5 Å². The molecule has 3 nitrogen and oxygen atoms in total. The van der Waals surface area contributed by atoms with E-state index in [-0.39, 0.29) is 0 Å². The standard InChI is InChI=1S/C21H22O3/c22-19(5-1-15-3-7-20-17(13-15)9-11-23-20)6-2-16-4-8-21-18(14-16)10-12-24-21/h3-4,7-8,13-14H,1-2,5-6,9-12H2. The fraction of sp³-hybridized carbons (Fsp3) is 0.381. The summed E-state index contributed by atoms with van der Waals surface area (Å²) >= 11 is 0. The third kappa shape index (κ3) is 3.30. The Morgan fingerprint density at radius 1 is 0.792 bits per heavy atom. The summed E-state index contributed by atoms with van der Waals surface area (Å²) < 4.78 is 11.0. The van der Waals surface area contributed by atoms with E-state index >= 15 is 0 Å². The quantitative estimate of drug-likeness (QED) is 0.813. The summed E-state index contributed by atoms with van der Waals surface area (Å²) in [7, 11) is 0. The molecule has 0 unspecified atom stereocenters. The molecule has 2 aromatic rings. The largest absolute Gasteiger partial charge is 0.493 e. The molecule has 2 aliphatic heterocycles. The van der Waals surface area contributed by atoms with E-state index in [1.54, 1.807) is 0 Å². The van der Waals surface area contributed by atoms with Gasteiger partial charge in [0.2, 0.25) is 0 Å². The highest BCUT2D eigenvalue weighted by atomic mass is 16.5. The number of ether oxygens (including phenoxy) is 2. The molecular formula is C21H22O3. The lowest BCUT2D eigenvalue weighted by Gasteiger charge is -2.06. The van der Waals surface area contributed by atoms with Gasteiger partial charge in [-0.1, -0.05) is 24.3 Å². The monoisotopic (exact) mass is 322 g/mol. The van der Waals surface area contributed by atoms with Crippen LogP contribution in [0, 0.1) is 0 Å². The fourth-order valence-corrected chi connectivity index (χ4v) is 3.48. The van der Waals surface area contributed by atoms with Gasteiger partial charge in [0.15, 0.2) is 0 Å². The van der Waals surface area contributed by atoms with E-state index in [1.165, 1.54) is 22.3 Å². The predicted molar refractivity (Wildman–Crippen MR) is 92.9 cm³/mol. The summed E-state index contributed by atoms with van der Waals surface area (Å²) in [5.41, 5.74) is 5.03. The predicted octanol–water partition coefficient (Wildman–Crippen LogP) is 3.69. The Hall–Kier alpha value is -2.29. The van der Waals surface area contributed by atoms with Gasteiger partial charge in [-0.3, -0.25) is 4.79 Å². The van der Waals surface area contributed by atoms with Gasteiger partial charge < -0.3 is 9.47 Å². The second-order valence-electron chi connectivity index (χ2n) is 6.62. The van der Waals surface area contributed by atoms with Crippen molar-refractivity contribution >= 4 is 5.78 Å². The molecule has 0 aromatic heterocycles. The molecule has 0 saturated heterocycles. The number of hydrogen-bond donors (Lipinski definition) is 0. The number of ketones is 1. The lowest BCUT2D eigenvalue weighted by Crippen LogP contribution is -2.02. The smallest absolute Gasteiger partial charge is 0.133 e. The normalized spacial score (nSPS) is 14.7. The van der Waals surface area contributed by atoms with Crippen LogP contribution in [0.5, 0.6) is 11.5 Å². The molecule has 0 atom stereocenters. The van der Waals surface area contributed by atoms with Gasteiger partial charge in [-0.15, -0.1) is 0 Å². The van der Waals surface area contributed by atoms with Crippen LogP contribution in [-0.4, -0.2) is 19.0 Å². The Labute approximate surface area is 142 Å². The van der Waals surface area contributed by atoms with E-state index in [4.69, 9.17) is 9.47 Å². The third-order valence-corrected chi connectivity index (χ3v) is 4.89. The highest BCUT2D eigenvalue weighted by molar-refractivity contribution is 5.78. The maximum atomic E-state index is 12.2. The van der Waals surface area contributed by atoms with Crippen LogP contribution in [0.3, 0.4) is 0 Å². The molecule has 0 amide bonds. The van der Waals surface area contributed by atoms with Crippen LogP contribution in [-0.2, 0) is 30.5 Å². The maximum Gasteiger partial charge on any atom is 0.133 e. The molecule has 0 N–H and O–H groups in total. The van der Waals surface area contributed by atoms with Crippen LogP contribution in [0.4, 0.5) is 0 Å². The van der Waals surface area contributed by atoms with Crippen molar-refractivity contribution in [1.82, 2.24) is 0 Å². The first-order valence-electron chi connectivity index (χ1n) is 8.79. The van der Waals surface area contributed by atoms with Crippen molar-refractivity contribution in [3.63, 3.8) is 0 Å². The van der Waals surface area contributed by atoms with E-state index in [1.807, 2.05) is 12.1 Å². The average molecular weight is 322 g/mol. The molecule has 2 aliphatic rings. The molecule has 0 aliphatic carbocycles. The number of carbonyl (C=O) groups is 1. The van der Waals surface area contributed by atoms with Crippen molar-refractivity contribution < 1.29 is 14.3 Å². The summed E-state index contributed by atoms with van der Waals surface area (Å²) in [4.78, 5) is 12.2. The third-order valence-electron chi connectivity index (χ3n) is 4.89. The van der Waals surface area contributed by atoms with Crippen LogP contribution in [0.25, 0.3) is 0 Å². The number of Topliss-reactive ketones (excluding diaryl/α,β-unsaturated/α-hetero) is 1. The second-order valence-corrected chi connectivity index (χ2v) is 6.62. The Bertz CT molecular complexity index is 700. The minimum atomic E-state index is 0.337. The van der Waals surface area contributed by atoms with Gasteiger partial charge in [0, 0.05) is 25.7 Å². The van der Waals surface area contributed by atoms with E-state index in [0.29, 0.717) is 18.6 Å². The van der Waals surface area contributed by atoms with Crippen LogP contribution in [0.15, 0.2) is 36.4 Å². The van der Waals surface area contributed by atoms with Crippen LogP contribution < -0.4 is 9.47 Å². The van der Waals surface area contributed by atoms with Gasteiger partial charge in [-0.25, -0.2) is 0 Å². The Kier molecular flexibility index (Phi) is 4.24. The molecule has 0 bridgehead atoms. The van der Waals surface area contributed by atoms with Crippen molar-refractivity contribution in [3.8, 4) is 11.5 Å². The minimum Gasteiger partial charge on any atom is -0.493 e. The summed E-state index contributed by atoms with van der Waals surface area (Å²) in [5, 5.41) is 0. The Balaban J connectivity index is 1.28. The van der Waals surface area contributed by atoms with Crippen LogP contribution in [0.2, 0.25) is 0 Å². The molecule has 0 fully saturated rings. The number of aryl methyl sites for hydroxylation is 2. The number of carbonyl (C=O) groups excluding carboxylic acids is 1. The van der Waals surface area contributed by atoms with Crippen molar-refractivity contribution in [2.45, 2.75) is 38.5 Å². The molecular weight excluding hydrogens is 300 g/mol. The zero-order valence-corrected chi connectivity index (χ0v) is 13.8. The van der Waals surface area contributed by atoms with Gasteiger partial charge in [0.25, 0.3) is 0 Å². The van der Waals surface area contributed by atoms with Crippen molar-refractivity contribution in [3.05, 3.63) is 58.7 Å². The lowest BCUT2D eigenvalue weighted by molar-refractivity contribution is -0.119. The minimum absolute atomic E-state index is 0.337. The van der Waals surface area contributed by atoms with Gasteiger partial charge in [-0.2, -0.15) is 0 Å². The molecule has 0 radical (unpaired) electrons. The van der Waals surface area contributed by atoms with E-state index in [2.05, 4.69) is 24.3 Å². The van der Waals surface area contributed by atoms with Crippen LogP contribution in [0.1, 0.15) is 35.1 Å². The summed E-state index contributed by atoms with van der Waals surface area (Å²) in [6.45, 7) is 1.56. The summed E-state index contributed by atoms with van der Waals surface area (Å²) in [5.74, 6) is 2.35. The van der Waals surface area contributed by atoms with E-state index in [0.717, 1.165) is 50.4 Å². The number of fused-ring (bicyclic) bond motifs is 2. The first-order chi connectivity index (χ1) is 11.8. The van der Waals surface area contributed by atoms with Crippen LogP contribution >= 0.6 is 0 Å². The first-order valence-corrected chi connectivity index (χ1v) is 8.79. The summed E-state index contributed by atoms with van der Waals surface area (Å²) in [6, 6.07) is 12.6. The molecule has 24 heavy (non-hydrogen) atoms. The molecule has 2 aromatic carbocycles. The average Bonchev–Trinajstić information content (AvgIpc) is 3.25. The number of hydrogen-bond acceptors (Lipinski definition) is 3.